The molecular weight excluding hydrogens is 422 g/mol. The van der Waals surface area contributed by atoms with Crippen molar-refractivity contribution in [3.63, 3.8) is 0 Å². The minimum Gasteiger partial charge on any atom is -0.497 e. The van der Waals surface area contributed by atoms with Crippen molar-refractivity contribution in [1.29, 1.82) is 0 Å². The molecular formula is C25H25N3O3S. The van der Waals surface area contributed by atoms with Gasteiger partial charge in [-0.25, -0.2) is 4.98 Å². The van der Waals surface area contributed by atoms with Gasteiger partial charge in [-0.15, -0.1) is 0 Å². The van der Waals surface area contributed by atoms with Crippen molar-refractivity contribution in [1.82, 2.24) is 9.55 Å². The van der Waals surface area contributed by atoms with E-state index in [0.717, 1.165) is 27.5 Å². The third kappa shape index (κ3) is 5.06. The number of thioether (sulfide) groups is 1. The zero-order valence-corrected chi connectivity index (χ0v) is 18.9. The standard InChI is InChI=1S/C25H25N3O3S/c1-3-31-23-11-7-5-9-21(23)26-24(29)17-32-25-27-20-8-4-6-10-22(20)28(25)16-18-12-14-19(30-2)15-13-18/h4-15H,3,16-17H2,1-2H3,(H,26,29). The highest BCUT2D eigenvalue weighted by atomic mass is 32.2. The van der Waals surface area contributed by atoms with E-state index in [2.05, 4.69) is 9.88 Å². The molecule has 0 saturated carbocycles. The molecule has 1 aromatic heterocycles. The van der Waals surface area contributed by atoms with E-state index in [-0.39, 0.29) is 11.7 Å². The molecule has 0 spiro atoms. The van der Waals surface area contributed by atoms with Crippen molar-refractivity contribution < 1.29 is 14.3 Å². The average molecular weight is 448 g/mol. The van der Waals surface area contributed by atoms with Gasteiger partial charge in [-0.2, -0.15) is 0 Å². The molecule has 6 nitrogen and oxygen atoms in total. The molecule has 4 aromatic rings. The summed E-state index contributed by atoms with van der Waals surface area (Å²) in [5.41, 5.74) is 3.75. The monoisotopic (exact) mass is 447 g/mol. The number of para-hydroxylation sites is 4. The molecule has 0 saturated heterocycles. The zero-order valence-electron chi connectivity index (χ0n) is 18.1. The minimum atomic E-state index is -0.106. The molecule has 0 fully saturated rings. The second-order valence-electron chi connectivity index (χ2n) is 7.08. The minimum absolute atomic E-state index is 0.106. The second kappa shape index (κ2) is 10.2. The van der Waals surface area contributed by atoms with E-state index >= 15 is 0 Å². The van der Waals surface area contributed by atoms with E-state index < -0.39 is 0 Å². The smallest absolute Gasteiger partial charge is 0.234 e. The fourth-order valence-corrected chi connectivity index (χ4v) is 4.21. The third-order valence-corrected chi connectivity index (χ3v) is 5.89. The molecule has 0 bridgehead atoms. The van der Waals surface area contributed by atoms with Crippen LogP contribution >= 0.6 is 11.8 Å². The van der Waals surface area contributed by atoms with Gasteiger partial charge in [0.1, 0.15) is 11.5 Å². The van der Waals surface area contributed by atoms with Gasteiger partial charge in [0.2, 0.25) is 5.91 Å². The molecule has 0 aliphatic carbocycles. The molecule has 1 N–H and O–H groups in total. The van der Waals surface area contributed by atoms with Crippen LogP contribution in [0.2, 0.25) is 0 Å². The molecule has 0 atom stereocenters. The van der Waals surface area contributed by atoms with Crippen molar-refractivity contribution >= 4 is 34.4 Å². The van der Waals surface area contributed by atoms with Crippen LogP contribution in [0.4, 0.5) is 5.69 Å². The van der Waals surface area contributed by atoms with Crippen molar-refractivity contribution in [2.24, 2.45) is 0 Å². The Morgan fingerprint density at radius 1 is 1.03 bits per heavy atom. The average Bonchev–Trinajstić information content (AvgIpc) is 3.17. The lowest BCUT2D eigenvalue weighted by atomic mass is 10.2. The van der Waals surface area contributed by atoms with E-state index in [9.17, 15) is 4.79 Å². The molecule has 1 heterocycles. The fourth-order valence-electron chi connectivity index (χ4n) is 3.40. The van der Waals surface area contributed by atoms with Crippen LogP contribution in [0.25, 0.3) is 11.0 Å². The number of amides is 1. The number of anilines is 1. The first-order chi connectivity index (χ1) is 15.7. The molecule has 3 aromatic carbocycles. The van der Waals surface area contributed by atoms with Crippen LogP contribution in [0.15, 0.2) is 78.0 Å². The fraction of sp³-hybridized carbons (Fsp3) is 0.200. The van der Waals surface area contributed by atoms with Crippen LogP contribution in [0.5, 0.6) is 11.5 Å². The molecule has 1 amide bonds. The normalized spacial score (nSPS) is 10.8. The highest BCUT2D eigenvalue weighted by Crippen LogP contribution is 2.27. The Hall–Kier alpha value is -3.45. The van der Waals surface area contributed by atoms with Gasteiger partial charge in [0.25, 0.3) is 0 Å². The largest absolute Gasteiger partial charge is 0.497 e. The molecule has 7 heteroatoms. The van der Waals surface area contributed by atoms with Crippen LogP contribution < -0.4 is 14.8 Å². The van der Waals surface area contributed by atoms with E-state index in [1.165, 1.54) is 11.8 Å². The second-order valence-corrected chi connectivity index (χ2v) is 8.03. The van der Waals surface area contributed by atoms with Crippen molar-refractivity contribution in [3.8, 4) is 11.5 Å². The van der Waals surface area contributed by atoms with Crippen molar-refractivity contribution in [2.75, 3.05) is 24.8 Å². The van der Waals surface area contributed by atoms with E-state index in [1.807, 2.05) is 79.7 Å². The quantitative estimate of drug-likeness (QED) is 0.356. The highest BCUT2D eigenvalue weighted by Gasteiger charge is 2.14. The van der Waals surface area contributed by atoms with E-state index in [4.69, 9.17) is 14.5 Å². The first-order valence-corrected chi connectivity index (χ1v) is 11.4. The Labute approximate surface area is 191 Å². The van der Waals surface area contributed by atoms with Crippen molar-refractivity contribution in [3.05, 3.63) is 78.4 Å². The third-order valence-electron chi connectivity index (χ3n) is 4.91. The number of nitrogens with one attached hydrogen (secondary N) is 1. The topological polar surface area (TPSA) is 65.4 Å². The molecule has 0 radical (unpaired) electrons. The molecule has 32 heavy (non-hydrogen) atoms. The number of hydrogen-bond acceptors (Lipinski definition) is 5. The summed E-state index contributed by atoms with van der Waals surface area (Å²) in [5.74, 6) is 1.62. The lowest BCUT2D eigenvalue weighted by molar-refractivity contribution is -0.113. The maximum Gasteiger partial charge on any atom is 0.234 e. The number of imidazole rings is 1. The number of aromatic nitrogens is 2. The number of rotatable bonds is 9. The number of hydrogen-bond donors (Lipinski definition) is 1. The Morgan fingerprint density at radius 2 is 1.78 bits per heavy atom. The number of ether oxygens (including phenoxy) is 2. The Kier molecular flexibility index (Phi) is 6.97. The number of carbonyl (C=O) groups is 1. The van der Waals surface area contributed by atoms with Gasteiger partial charge in [-0.3, -0.25) is 4.79 Å². The van der Waals surface area contributed by atoms with Gasteiger partial charge < -0.3 is 19.4 Å². The van der Waals surface area contributed by atoms with Gasteiger partial charge in [-0.1, -0.05) is 48.2 Å². The van der Waals surface area contributed by atoms with E-state index in [1.54, 1.807) is 7.11 Å². The summed E-state index contributed by atoms with van der Waals surface area (Å²) in [5, 5.41) is 3.75. The van der Waals surface area contributed by atoms with Gasteiger partial charge in [-0.05, 0) is 48.9 Å². The first-order valence-electron chi connectivity index (χ1n) is 10.4. The van der Waals surface area contributed by atoms with E-state index in [0.29, 0.717) is 24.6 Å². The van der Waals surface area contributed by atoms with Gasteiger partial charge in [0.15, 0.2) is 5.16 Å². The van der Waals surface area contributed by atoms with Crippen LogP contribution in [-0.2, 0) is 11.3 Å². The maximum absolute atomic E-state index is 12.7. The molecule has 0 aliphatic heterocycles. The number of benzene rings is 3. The zero-order chi connectivity index (χ0) is 22.3. The van der Waals surface area contributed by atoms with Crippen LogP contribution in [-0.4, -0.2) is 34.9 Å². The predicted molar refractivity (Wildman–Crippen MR) is 129 cm³/mol. The summed E-state index contributed by atoms with van der Waals surface area (Å²) in [6.45, 7) is 3.11. The highest BCUT2D eigenvalue weighted by molar-refractivity contribution is 7.99. The van der Waals surface area contributed by atoms with Gasteiger partial charge in [0, 0.05) is 0 Å². The maximum atomic E-state index is 12.7. The lowest BCUT2D eigenvalue weighted by Crippen LogP contribution is -2.15. The lowest BCUT2D eigenvalue weighted by Gasteiger charge is -2.12. The van der Waals surface area contributed by atoms with Crippen LogP contribution in [0.3, 0.4) is 0 Å². The predicted octanol–water partition coefficient (Wildman–Crippen LogP) is 5.22. The van der Waals surface area contributed by atoms with Gasteiger partial charge in [0.05, 0.1) is 42.7 Å². The van der Waals surface area contributed by atoms with Crippen LogP contribution in [0, 0.1) is 0 Å². The summed E-state index contributed by atoms with van der Waals surface area (Å²) in [7, 11) is 1.66. The number of nitrogens with zero attached hydrogens (tertiary/aromatic N) is 2. The summed E-state index contributed by atoms with van der Waals surface area (Å²) in [6, 6.07) is 23.4. The van der Waals surface area contributed by atoms with Gasteiger partial charge >= 0.3 is 0 Å². The van der Waals surface area contributed by atoms with Crippen molar-refractivity contribution in [2.45, 2.75) is 18.6 Å². The Balaban J connectivity index is 1.51. The number of carbonyl (C=O) groups excluding carboxylic acids is 1. The molecule has 0 aliphatic rings. The van der Waals surface area contributed by atoms with Crippen LogP contribution in [0.1, 0.15) is 12.5 Å². The molecule has 4 rings (SSSR count). The summed E-state index contributed by atoms with van der Waals surface area (Å²) < 4.78 is 13.0. The number of fused-ring (bicyclic) bond motifs is 1. The summed E-state index contributed by atoms with van der Waals surface area (Å²) in [4.78, 5) is 17.4. The molecule has 0 unspecified atom stereocenters. The Morgan fingerprint density at radius 3 is 2.56 bits per heavy atom. The summed E-state index contributed by atoms with van der Waals surface area (Å²) >= 11 is 1.42. The Bertz CT molecular complexity index is 1200. The first kappa shape index (κ1) is 21.8. The number of methoxy groups -OCH3 is 1. The molecule has 164 valence electrons. The summed E-state index contributed by atoms with van der Waals surface area (Å²) in [6.07, 6.45) is 0. The SMILES string of the molecule is CCOc1ccccc1NC(=O)CSc1nc2ccccc2n1Cc1ccc(OC)cc1.